The van der Waals surface area contributed by atoms with Crippen LogP contribution < -0.4 is 11.1 Å². The lowest BCUT2D eigenvalue weighted by Gasteiger charge is -2.02. The smallest absolute Gasteiger partial charge is 0.269 e. The maximum atomic E-state index is 11.4. The van der Waals surface area contributed by atoms with Gasteiger partial charge in [-0.3, -0.25) is 9.78 Å². The van der Waals surface area contributed by atoms with Gasteiger partial charge in [0.25, 0.3) is 5.91 Å². The first-order chi connectivity index (χ1) is 7.24. The Balaban J connectivity index is 2.38. The molecule has 1 rings (SSSR count). The van der Waals surface area contributed by atoms with E-state index in [1.54, 1.807) is 24.4 Å². The zero-order chi connectivity index (χ0) is 11.1. The first-order valence-electron chi connectivity index (χ1n) is 4.39. The minimum atomic E-state index is -0.277. The summed E-state index contributed by atoms with van der Waals surface area (Å²) in [6, 6.07) is 5.07. The Kier molecular flexibility index (Phi) is 4.08. The highest BCUT2D eigenvalue weighted by Gasteiger charge is 2.04. The van der Waals surface area contributed by atoms with Gasteiger partial charge in [-0.15, -0.1) is 0 Å². The number of nitrogens with zero attached hydrogens (tertiary/aromatic N) is 2. The summed E-state index contributed by atoms with van der Waals surface area (Å²) in [5.74, 6) is -0.197. The van der Waals surface area contributed by atoms with Gasteiger partial charge in [0.2, 0.25) is 0 Å². The molecule has 0 radical (unpaired) electrons. The van der Waals surface area contributed by atoms with Crippen LogP contribution in [0.3, 0.4) is 0 Å². The van der Waals surface area contributed by atoms with Crippen LogP contribution in [0.4, 0.5) is 0 Å². The fourth-order valence-corrected chi connectivity index (χ4v) is 0.942. The second-order valence-electron chi connectivity index (χ2n) is 2.81. The number of amides is 1. The van der Waals surface area contributed by atoms with Gasteiger partial charge in [0.05, 0.1) is 0 Å². The fourth-order valence-electron chi connectivity index (χ4n) is 0.942. The van der Waals surface area contributed by atoms with Gasteiger partial charge in [-0.2, -0.15) is 0 Å². The van der Waals surface area contributed by atoms with E-state index in [0.29, 0.717) is 18.7 Å². The SMILES string of the molecule is NC(CCNC(=O)c1ccccn1)=NO. The van der Waals surface area contributed by atoms with Crippen molar-refractivity contribution in [3.8, 4) is 0 Å². The molecule has 1 amide bonds. The number of hydrogen-bond acceptors (Lipinski definition) is 4. The number of hydrogen-bond donors (Lipinski definition) is 3. The number of nitrogens with two attached hydrogens (primary N) is 1. The van der Waals surface area contributed by atoms with Crippen molar-refractivity contribution in [1.29, 1.82) is 0 Å². The van der Waals surface area contributed by atoms with E-state index >= 15 is 0 Å². The standard InChI is InChI=1S/C9H12N4O2/c10-8(13-15)4-6-12-9(14)7-3-1-2-5-11-7/h1-3,5,15H,4,6H2,(H2,10,13)(H,12,14). The average molecular weight is 208 g/mol. The Morgan fingerprint density at radius 2 is 2.40 bits per heavy atom. The molecule has 1 aromatic heterocycles. The quantitative estimate of drug-likeness (QED) is 0.279. The minimum Gasteiger partial charge on any atom is -0.409 e. The maximum Gasteiger partial charge on any atom is 0.269 e. The molecule has 15 heavy (non-hydrogen) atoms. The molecule has 1 aromatic rings. The third-order valence-electron chi connectivity index (χ3n) is 1.69. The Hall–Kier alpha value is -2.11. The summed E-state index contributed by atoms with van der Waals surface area (Å²) in [5, 5.41) is 13.6. The number of aromatic nitrogens is 1. The van der Waals surface area contributed by atoms with Crippen LogP contribution in [0.2, 0.25) is 0 Å². The maximum absolute atomic E-state index is 11.4. The van der Waals surface area contributed by atoms with E-state index < -0.39 is 0 Å². The first-order valence-corrected chi connectivity index (χ1v) is 4.39. The Labute approximate surface area is 86.8 Å². The molecule has 0 aliphatic heterocycles. The van der Waals surface area contributed by atoms with Crippen LogP contribution in [-0.2, 0) is 0 Å². The van der Waals surface area contributed by atoms with Gasteiger partial charge >= 0.3 is 0 Å². The second kappa shape index (κ2) is 5.58. The van der Waals surface area contributed by atoms with Gasteiger partial charge in [0.15, 0.2) is 0 Å². The van der Waals surface area contributed by atoms with Gasteiger partial charge in [0.1, 0.15) is 11.5 Å². The lowest BCUT2D eigenvalue weighted by Crippen LogP contribution is -2.28. The molecular weight excluding hydrogens is 196 g/mol. The largest absolute Gasteiger partial charge is 0.409 e. The average Bonchev–Trinajstić information content (AvgIpc) is 2.29. The number of pyridine rings is 1. The van der Waals surface area contributed by atoms with Crippen LogP contribution in [0.1, 0.15) is 16.9 Å². The monoisotopic (exact) mass is 208 g/mol. The van der Waals surface area contributed by atoms with Crippen LogP contribution in [-0.4, -0.2) is 28.5 Å². The van der Waals surface area contributed by atoms with Crippen molar-refractivity contribution in [3.05, 3.63) is 30.1 Å². The topological polar surface area (TPSA) is 101 Å². The van der Waals surface area contributed by atoms with Crippen molar-refractivity contribution in [3.63, 3.8) is 0 Å². The van der Waals surface area contributed by atoms with Crippen LogP contribution >= 0.6 is 0 Å². The highest BCUT2D eigenvalue weighted by Crippen LogP contribution is 1.92. The molecule has 4 N–H and O–H groups in total. The predicted molar refractivity (Wildman–Crippen MR) is 54.6 cm³/mol. The van der Waals surface area contributed by atoms with E-state index in [9.17, 15) is 4.79 Å². The number of carbonyl (C=O) groups is 1. The summed E-state index contributed by atoms with van der Waals surface area (Å²) in [4.78, 5) is 15.3. The Bertz CT molecular complexity index is 350. The number of rotatable bonds is 4. The molecule has 0 saturated carbocycles. The van der Waals surface area contributed by atoms with E-state index in [2.05, 4.69) is 15.5 Å². The van der Waals surface area contributed by atoms with E-state index in [-0.39, 0.29) is 11.7 Å². The molecule has 0 atom stereocenters. The zero-order valence-electron chi connectivity index (χ0n) is 8.05. The van der Waals surface area contributed by atoms with Crippen molar-refractivity contribution in [1.82, 2.24) is 10.3 Å². The van der Waals surface area contributed by atoms with Crippen molar-refractivity contribution in [2.24, 2.45) is 10.9 Å². The zero-order valence-corrected chi connectivity index (χ0v) is 8.05. The minimum absolute atomic E-state index is 0.0799. The van der Waals surface area contributed by atoms with Crippen molar-refractivity contribution < 1.29 is 10.0 Å². The van der Waals surface area contributed by atoms with Crippen molar-refractivity contribution in [2.45, 2.75) is 6.42 Å². The van der Waals surface area contributed by atoms with Crippen LogP contribution in [0.25, 0.3) is 0 Å². The highest BCUT2D eigenvalue weighted by atomic mass is 16.4. The van der Waals surface area contributed by atoms with Gasteiger partial charge in [-0.25, -0.2) is 0 Å². The van der Waals surface area contributed by atoms with Crippen molar-refractivity contribution >= 4 is 11.7 Å². The molecule has 0 fully saturated rings. The Morgan fingerprint density at radius 1 is 1.60 bits per heavy atom. The van der Waals surface area contributed by atoms with Gasteiger partial charge in [-0.1, -0.05) is 11.2 Å². The first kappa shape index (κ1) is 11.0. The highest BCUT2D eigenvalue weighted by molar-refractivity contribution is 5.92. The third-order valence-corrected chi connectivity index (χ3v) is 1.69. The number of carbonyl (C=O) groups excluding carboxylic acids is 1. The van der Waals surface area contributed by atoms with Gasteiger partial charge in [-0.05, 0) is 12.1 Å². The van der Waals surface area contributed by atoms with Gasteiger partial charge < -0.3 is 16.3 Å². The molecule has 0 spiro atoms. The van der Waals surface area contributed by atoms with Gasteiger partial charge in [0, 0.05) is 19.2 Å². The fraction of sp³-hybridized carbons (Fsp3) is 0.222. The predicted octanol–water partition coefficient (Wildman–Crippen LogP) is -0.0521. The van der Waals surface area contributed by atoms with E-state index in [1.165, 1.54) is 0 Å². The molecule has 80 valence electrons. The summed E-state index contributed by atoms with van der Waals surface area (Å²) in [5.41, 5.74) is 5.58. The summed E-state index contributed by atoms with van der Waals surface area (Å²) >= 11 is 0. The molecule has 0 saturated heterocycles. The molecule has 0 bridgehead atoms. The lowest BCUT2D eigenvalue weighted by molar-refractivity contribution is 0.0949. The molecule has 1 heterocycles. The van der Waals surface area contributed by atoms with E-state index in [0.717, 1.165) is 0 Å². The molecule has 6 heteroatoms. The molecule has 0 unspecified atom stereocenters. The van der Waals surface area contributed by atoms with Crippen LogP contribution in [0, 0.1) is 0 Å². The van der Waals surface area contributed by atoms with Crippen LogP contribution in [0.5, 0.6) is 0 Å². The molecule has 6 nitrogen and oxygen atoms in total. The molecule has 0 aliphatic rings. The summed E-state index contributed by atoms with van der Waals surface area (Å²) in [6.45, 7) is 0.311. The number of amidine groups is 1. The molecule has 0 aliphatic carbocycles. The number of nitrogens with one attached hydrogen (secondary N) is 1. The van der Waals surface area contributed by atoms with E-state index in [1.807, 2.05) is 0 Å². The van der Waals surface area contributed by atoms with E-state index in [4.69, 9.17) is 10.9 Å². The van der Waals surface area contributed by atoms with Crippen LogP contribution in [0.15, 0.2) is 29.6 Å². The summed E-state index contributed by atoms with van der Waals surface area (Å²) in [6.07, 6.45) is 1.84. The third kappa shape index (κ3) is 3.63. The molecular formula is C9H12N4O2. The molecule has 0 aromatic carbocycles. The van der Waals surface area contributed by atoms with Crippen molar-refractivity contribution in [2.75, 3.05) is 6.54 Å². The Morgan fingerprint density at radius 3 is 3.00 bits per heavy atom. The lowest BCUT2D eigenvalue weighted by atomic mass is 10.3. The summed E-state index contributed by atoms with van der Waals surface area (Å²) in [7, 11) is 0. The normalized spacial score (nSPS) is 11.1. The number of oxime groups is 1. The summed E-state index contributed by atoms with van der Waals surface area (Å²) < 4.78 is 0. The second-order valence-corrected chi connectivity index (χ2v) is 2.81.